The summed E-state index contributed by atoms with van der Waals surface area (Å²) in [6.45, 7) is 7.41. The Morgan fingerprint density at radius 3 is 2.45 bits per heavy atom. The predicted octanol–water partition coefficient (Wildman–Crippen LogP) is 7.23. The minimum atomic E-state index is -0.978. The first-order valence-electron chi connectivity index (χ1n) is 11.5. The van der Waals surface area contributed by atoms with E-state index in [2.05, 4.69) is 61.1 Å². The van der Waals surface area contributed by atoms with E-state index in [0.717, 1.165) is 18.5 Å². The van der Waals surface area contributed by atoms with Crippen LogP contribution in [0.2, 0.25) is 0 Å². The third kappa shape index (κ3) is 3.74. The summed E-state index contributed by atoms with van der Waals surface area (Å²) in [5.41, 5.74) is 7.32. The number of nitrogens with one attached hydrogen (secondary N) is 1. The van der Waals surface area contributed by atoms with Gasteiger partial charge in [0.25, 0.3) is 0 Å². The second kappa shape index (κ2) is 8.32. The molecule has 1 unspecified atom stereocenters. The number of hydrogen-bond acceptors (Lipinski definition) is 2. The SMILES string of the molecule is CC(C)c1ccc(N(C(=O)O)c2ccc3c(c2)CCN3C(C)c2c[nH]c3ccccc23)cc1. The molecule has 0 spiro atoms. The lowest BCUT2D eigenvalue weighted by Gasteiger charge is -2.28. The summed E-state index contributed by atoms with van der Waals surface area (Å²) in [7, 11) is 0. The Labute approximate surface area is 194 Å². The molecule has 1 aromatic heterocycles. The van der Waals surface area contributed by atoms with E-state index in [4.69, 9.17) is 0 Å². The Morgan fingerprint density at radius 1 is 1.00 bits per heavy atom. The molecule has 3 aromatic carbocycles. The molecule has 5 rings (SSSR count). The zero-order chi connectivity index (χ0) is 23.1. The van der Waals surface area contributed by atoms with Crippen LogP contribution in [0.3, 0.4) is 0 Å². The second-order valence-corrected chi connectivity index (χ2v) is 9.09. The first kappa shape index (κ1) is 21.1. The molecule has 4 aromatic rings. The molecule has 0 saturated carbocycles. The van der Waals surface area contributed by atoms with Crippen LogP contribution in [-0.2, 0) is 6.42 Å². The molecule has 1 atom stereocenters. The van der Waals surface area contributed by atoms with E-state index in [1.165, 1.54) is 32.7 Å². The molecule has 0 fully saturated rings. The first-order valence-corrected chi connectivity index (χ1v) is 11.5. The van der Waals surface area contributed by atoms with E-state index in [9.17, 15) is 9.90 Å². The number of aromatic amines is 1. The molecular formula is C28H29N3O2. The molecule has 0 bridgehead atoms. The third-order valence-electron chi connectivity index (χ3n) is 6.80. The van der Waals surface area contributed by atoms with E-state index in [1.807, 2.05) is 42.5 Å². The van der Waals surface area contributed by atoms with E-state index in [-0.39, 0.29) is 6.04 Å². The molecule has 1 aliphatic heterocycles. The smallest absolute Gasteiger partial charge is 0.416 e. The van der Waals surface area contributed by atoms with Crippen LogP contribution in [0.4, 0.5) is 21.9 Å². The van der Waals surface area contributed by atoms with Gasteiger partial charge in [-0.25, -0.2) is 9.69 Å². The normalized spacial score (nSPS) is 14.0. The van der Waals surface area contributed by atoms with Gasteiger partial charge in [0, 0.05) is 29.3 Å². The Balaban J connectivity index is 1.45. The number of nitrogens with zero attached hydrogens (tertiary/aromatic N) is 2. The number of para-hydroxylation sites is 1. The van der Waals surface area contributed by atoms with Crippen LogP contribution in [0, 0.1) is 0 Å². The molecule has 168 valence electrons. The Kier molecular flexibility index (Phi) is 5.33. The lowest BCUT2D eigenvalue weighted by atomic mass is 10.0. The highest BCUT2D eigenvalue weighted by Crippen LogP contribution is 2.40. The molecule has 33 heavy (non-hydrogen) atoms. The van der Waals surface area contributed by atoms with Gasteiger partial charge in [0.15, 0.2) is 0 Å². The fourth-order valence-corrected chi connectivity index (χ4v) is 4.94. The van der Waals surface area contributed by atoms with Gasteiger partial charge >= 0.3 is 6.09 Å². The van der Waals surface area contributed by atoms with Crippen molar-refractivity contribution in [1.29, 1.82) is 0 Å². The molecule has 2 heterocycles. The zero-order valence-electron chi connectivity index (χ0n) is 19.2. The summed E-state index contributed by atoms with van der Waals surface area (Å²) in [4.78, 5) is 19.4. The number of H-pyrrole nitrogens is 1. The predicted molar refractivity (Wildman–Crippen MR) is 135 cm³/mol. The van der Waals surface area contributed by atoms with Gasteiger partial charge in [-0.1, -0.05) is 44.2 Å². The number of carbonyl (C=O) groups is 1. The highest BCUT2D eigenvalue weighted by Gasteiger charge is 2.27. The van der Waals surface area contributed by atoms with Crippen LogP contribution >= 0.6 is 0 Å². The molecule has 0 radical (unpaired) electrons. The van der Waals surface area contributed by atoms with Crippen molar-refractivity contribution < 1.29 is 9.90 Å². The fraction of sp³-hybridized carbons (Fsp3) is 0.250. The number of anilines is 3. The minimum Gasteiger partial charge on any atom is -0.464 e. The van der Waals surface area contributed by atoms with Crippen molar-refractivity contribution >= 4 is 34.1 Å². The number of amides is 1. The number of rotatable bonds is 5. The molecule has 5 nitrogen and oxygen atoms in total. The van der Waals surface area contributed by atoms with Crippen molar-refractivity contribution in [3.63, 3.8) is 0 Å². The van der Waals surface area contributed by atoms with Gasteiger partial charge in [0.1, 0.15) is 0 Å². The van der Waals surface area contributed by atoms with Crippen molar-refractivity contribution in [3.05, 3.63) is 89.6 Å². The summed E-state index contributed by atoms with van der Waals surface area (Å²) in [5, 5.41) is 11.2. The fourth-order valence-electron chi connectivity index (χ4n) is 4.94. The highest BCUT2D eigenvalue weighted by molar-refractivity contribution is 5.95. The Bertz CT molecular complexity index is 1310. The van der Waals surface area contributed by atoms with Gasteiger partial charge in [0.05, 0.1) is 17.4 Å². The second-order valence-electron chi connectivity index (χ2n) is 9.09. The van der Waals surface area contributed by atoms with E-state index < -0.39 is 6.09 Å². The lowest BCUT2D eigenvalue weighted by molar-refractivity contribution is 0.205. The summed E-state index contributed by atoms with van der Waals surface area (Å²) in [6.07, 6.45) is 2.03. The summed E-state index contributed by atoms with van der Waals surface area (Å²) in [5.74, 6) is 0.405. The molecule has 1 aliphatic rings. The largest absolute Gasteiger partial charge is 0.464 e. The van der Waals surface area contributed by atoms with E-state index in [0.29, 0.717) is 17.3 Å². The van der Waals surface area contributed by atoms with Crippen molar-refractivity contribution in [1.82, 2.24) is 4.98 Å². The van der Waals surface area contributed by atoms with Crippen LogP contribution in [-0.4, -0.2) is 22.7 Å². The van der Waals surface area contributed by atoms with E-state index in [1.54, 1.807) is 0 Å². The standard InChI is InChI=1S/C28H29N3O2/c1-18(2)20-8-10-22(11-9-20)31(28(32)33)23-12-13-27-21(16-23)14-15-30(27)19(3)25-17-29-26-7-5-4-6-24(25)26/h4-13,16-19,29H,14-15H2,1-3H3,(H,32,33). The van der Waals surface area contributed by atoms with Crippen LogP contribution in [0.5, 0.6) is 0 Å². The Morgan fingerprint density at radius 2 is 1.73 bits per heavy atom. The lowest BCUT2D eigenvalue weighted by Crippen LogP contribution is -2.25. The van der Waals surface area contributed by atoms with Crippen molar-refractivity contribution in [2.24, 2.45) is 0 Å². The summed E-state index contributed by atoms with van der Waals surface area (Å²) < 4.78 is 0. The number of benzene rings is 3. The van der Waals surface area contributed by atoms with Gasteiger partial charge in [-0.3, -0.25) is 0 Å². The van der Waals surface area contributed by atoms with Crippen molar-refractivity contribution in [2.45, 2.75) is 39.2 Å². The van der Waals surface area contributed by atoms with Crippen LogP contribution in [0.25, 0.3) is 10.9 Å². The maximum atomic E-state index is 12.2. The van der Waals surface area contributed by atoms with Crippen LogP contribution in [0.15, 0.2) is 72.9 Å². The number of carboxylic acid groups (broad SMARTS) is 1. The average Bonchev–Trinajstić information content (AvgIpc) is 3.43. The van der Waals surface area contributed by atoms with Gasteiger partial charge in [-0.05, 0) is 72.4 Å². The molecule has 2 N–H and O–H groups in total. The molecule has 1 amide bonds. The number of fused-ring (bicyclic) bond motifs is 2. The monoisotopic (exact) mass is 439 g/mol. The van der Waals surface area contributed by atoms with E-state index >= 15 is 0 Å². The zero-order valence-corrected chi connectivity index (χ0v) is 19.2. The van der Waals surface area contributed by atoms with Crippen LogP contribution < -0.4 is 9.80 Å². The van der Waals surface area contributed by atoms with Crippen LogP contribution in [0.1, 0.15) is 49.4 Å². The third-order valence-corrected chi connectivity index (χ3v) is 6.80. The molecule has 5 heteroatoms. The van der Waals surface area contributed by atoms with Crippen molar-refractivity contribution in [3.8, 4) is 0 Å². The Hall–Kier alpha value is -3.73. The van der Waals surface area contributed by atoms with Gasteiger partial charge in [-0.15, -0.1) is 0 Å². The molecule has 0 saturated heterocycles. The quantitative estimate of drug-likeness (QED) is 0.345. The topological polar surface area (TPSA) is 59.6 Å². The maximum Gasteiger partial charge on any atom is 0.416 e. The highest BCUT2D eigenvalue weighted by atomic mass is 16.4. The maximum absolute atomic E-state index is 12.2. The molecule has 0 aliphatic carbocycles. The van der Waals surface area contributed by atoms with Gasteiger partial charge in [-0.2, -0.15) is 0 Å². The van der Waals surface area contributed by atoms with Crippen molar-refractivity contribution in [2.75, 3.05) is 16.3 Å². The molecular weight excluding hydrogens is 410 g/mol. The first-order chi connectivity index (χ1) is 15.9. The summed E-state index contributed by atoms with van der Waals surface area (Å²) in [6, 6.07) is 22.4. The van der Waals surface area contributed by atoms with Gasteiger partial charge < -0.3 is 15.0 Å². The van der Waals surface area contributed by atoms with Gasteiger partial charge in [0.2, 0.25) is 0 Å². The minimum absolute atomic E-state index is 0.215. The number of aromatic nitrogens is 1. The summed E-state index contributed by atoms with van der Waals surface area (Å²) >= 11 is 0. The average molecular weight is 440 g/mol. The number of hydrogen-bond donors (Lipinski definition) is 2.